The van der Waals surface area contributed by atoms with E-state index < -0.39 is 54.6 Å². The van der Waals surface area contributed by atoms with Gasteiger partial charge in [0, 0.05) is 34.3 Å². The molecule has 0 N–H and O–H groups in total. The van der Waals surface area contributed by atoms with Crippen molar-refractivity contribution in [1.82, 2.24) is 0 Å². The van der Waals surface area contributed by atoms with E-state index in [4.69, 9.17) is 28.4 Å². The van der Waals surface area contributed by atoms with Gasteiger partial charge in [0.25, 0.3) is 0 Å². The standard InChI is InChI=1S/C19H30O10/c1-6-7-8-9-24-19-18(28-14(5)23)17(27-13(4)22)16(26-12(3)21)15(29-19)10-25-11(2)20/h15-19H,6-10H2,1-5H3/t15?,16-,17+,18?,19-/m1/s1. The number of hydrogen-bond acceptors (Lipinski definition) is 10. The van der Waals surface area contributed by atoms with Gasteiger partial charge in [0.2, 0.25) is 0 Å². The zero-order chi connectivity index (χ0) is 22.0. The van der Waals surface area contributed by atoms with Gasteiger partial charge in [0.05, 0.1) is 0 Å². The second-order valence-electron chi connectivity index (χ2n) is 6.65. The van der Waals surface area contributed by atoms with Crippen LogP contribution in [0.1, 0.15) is 53.9 Å². The van der Waals surface area contributed by atoms with E-state index in [1.807, 2.05) is 6.92 Å². The SMILES string of the molecule is CCCCCO[C@@H]1OC(COC(C)=O)[C@@H](OC(C)=O)[C@H](OC(C)=O)C1OC(C)=O. The molecule has 0 saturated carbocycles. The van der Waals surface area contributed by atoms with Crippen molar-refractivity contribution >= 4 is 23.9 Å². The van der Waals surface area contributed by atoms with Crippen LogP contribution in [0.3, 0.4) is 0 Å². The van der Waals surface area contributed by atoms with Gasteiger partial charge in [-0.25, -0.2) is 0 Å². The molecule has 29 heavy (non-hydrogen) atoms. The third-order valence-corrected chi connectivity index (χ3v) is 3.98. The zero-order valence-corrected chi connectivity index (χ0v) is 17.5. The molecule has 0 spiro atoms. The Hall–Kier alpha value is -2.20. The fourth-order valence-corrected chi connectivity index (χ4v) is 2.87. The van der Waals surface area contributed by atoms with Crippen LogP contribution in [0.15, 0.2) is 0 Å². The molecule has 1 saturated heterocycles. The van der Waals surface area contributed by atoms with E-state index in [1.165, 1.54) is 27.7 Å². The summed E-state index contributed by atoms with van der Waals surface area (Å²) in [7, 11) is 0. The number of rotatable bonds is 10. The Kier molecular flexibility index (Phi) is 10.6. The van der Waals surface area contributed by atoms with Gasteiger partial charge in [-0.05, 0) is 6.42 Å². The minimum absolute atomic E-state index is 0.271. The molecule has 2 unspecified atom stereocenters. The quantitative estimate of drug-likeness (QED) is 0.291. The molecule has 0 aromatic rings. The lowest BCUT2D eigenvalue weighted by Gasteiger charge is -2.44. The fraction of sp³-hybridized carbons (Fsp3) is 0.789. The average molecular weight is 418 g/mol. The Bertz CT molecular complexity index is 575. The number of hydrogen-bond donors (Lipinski definition) is 0. The fourth-order valence-electron chi connectivity index (χ4n) is 2.87. The van der Waals surface area contributed by atoms with Gasteiger partial charge in [0.15, 0.2) is 24.6 Å². The molecule has 0 bridgehead atoms. The van der Waals surface area contributed by atoms with Crippen molar-refractivity contribution in [2.24, 2.45) is 0 Å². The molecular formula is C19H30O10. The molecule has 0 aliphatic carbocycles. The second kappa shape index (κ2) is 12.4. The van der Waals surface area contributed by atoms with E-state index in [9.17, 15) is 19.2 Å². The van der Waals surface area contributed by atoms with Gasteiger partial charge < -0.3 is 28.4 Å². The second-order valence-corrected chi connectivity index (χ2v) is 6.65. The first-order valence-electron chi connectivity index (χ1n) is 9.57. The molecule has 1 aliphatic rings. The Morgan fingerprint density at radius 3 is 1.83 bits per heavy atom. The van der Waals surface area contributed by atoms with Crippen molar-refractivity contribution < 1.29 is 47.6 Å². The van der Waals surface area contributed by atoms with Crippen molar-refractivity contribution in [1.29, 1.82) is 0 Å². The summed E-state index contributed by atoms with van der Waals surface area (Å²) in [6, 6.07) is 0. The van der Waals surface area contributed by atoms with E-state index in [-0.39, 0.29) is 6.61 Å². The minimum Gasteiger partial charge on any atom is -0.463 e. The predicted molar refractivity (Wildman–Crippen MR) is 97.4 cm³/mol. The average Bonchev–Trinajstić information content (AvgIpc) is 2.60. The number of carbonyl (C=O) groups excluding carboxylic acids is 4. The molecule has 1 fully saturated rings. The normalized spacial score (nSPS) is 26.3. The van der Waals surface area contributed by atoms with E-state index in [0.29, 0.717) is 6.61 Å². The summed E-state index contributed by atoms with van der Waals surface area (Å²) in [5.74, 6) is -2.57. The monoisotopic (exact) mass is 418 g/mol. The van der Waals surface area contributed by atoms with Crippen LogP contribution in [0.5, 0.6) is 0 Å². The summed E-state index contributed by atoms with van der Waals surface area (Å²) < 4.78 is 32.4. The molecular weight excluding hydrogens is 388 g/mol. The molecule has 0 aromatic carbocycles. The summed E-state index contributed by atoms with van der Waals surface area (Å²) in [6.45, 7) is 6.81. The summed E-state index contributed by atoms with van der Waals surface area (Å²) in [5.41, 5.74) is 0. The third-order valence-electron chi connectivity index (χ3n) is 3.98. The maximum Gasteiger partial charge on any atom is 0.303 e. The Morgan fingerprint density at radius 1 is 0.759 bits per heavy atom. The van der Waals surface area contributed by atoms with Gasteiger partial charge in [-0.2, -0.15) is 0 Å². The van der Waals surface area contributed by atoms with Gasteiger partial charge in [-0.1, -0.05) is 19.8 Å². The Morgan fingerprint density at radius 2 is 1.31 bits per heavy atom. The summed E-state index contributed by atoms with van der Waals surface area (Å²) >= 11 is 0. The van der Waals surface area contributed by atoms with E-state index in [1.54, 1.807) is 0 Å². The molecule has 1 rings (SSSR count). The Labute approximate surface area is 170 Å². The lowest BCUT2D eigenvalue weighted by atomic mass is 9.98. The number of carbonyl (C=O) groups is 4. The summed E-state index contributed by atoms with van der Waals surface area (Å²) in [5, 5.41) is 0. The molecule has 1 aliphatic heterocycles. The maximum atomic E-state index is 11.7. The van der Waals surface area contributed by atoms with Gasteiger partial charge in [0.1, 0.15) is 12.7 Å². The van der Waals surface area contributed by atoms with Crippen LogP contribution in [0.25, 0.3) is 0 Å². The largest absolute Gasteiger partial charge is 0.463 e. The van der Waals surface area contributed by atoms with Gasteiger partial charge in [-0.3, -0.25) is 19.2 Å². The van der Waals surface area contributed by atoms with Crippen molar-refractivity contribution in [3.05, 3.63) is 0 Å². The van der Waals surface area contributed by atoms with Crippen LogP contribution in [0.4, 0.5) is 0 Å². The number of unbranched alkanes of at least 4 members (excludes halogenated alkanes) is 2. The molecule has 10 heteroatoms. The molecule has 0 amide bonds. The minimum atomic E-state index is -1.20. The maximum absolute atomic E-state index is 11.7. The summed E-state index contributed by atoms with van der Waals surface area (Å²) in [6.07, 6.45) is -3.00. The third kappa shape index (κ3) is 8.78. The van der Waals surface area contributed by atoms with Crippen LogP contribution in [0.2, 0.25) is 0 Å². The lowest BCUT2D eigenvalue weighted by molar-refractivity contribution is -0.308. The van der Waals surface area contributed by atoms with Crippen molar-refractivity contribution in [2.45, 2.75) is 84.6 Å². The van der Waals surface area contributed by atoms with E-state index in [0.717, 1.165) is 19.3 Å². The van der Waals surface area contributed by atoms with Gasteiger partial charge in [-0.15, -0.1) is 0 Å². The smallest absolute Gasteiger partial charge is 0.303 e. The first-order valence-corrected chi connectivity index (χ1v) is 9.57. The van der Waals surface area contributed by atoms with E-state index >= 15 is 0 Å². The van der Waals surface area contributed by atoms with Crippen molar-refractivity contribution in [2.75, 3.05) is 13.2 Å². The van der Waals surface area contributed by atoms with Crippen molar-refractivity contribution in [3.63, 3.8) is 0 Å². The highest BCUT2D eigenvalue weighted by molar-refractivity contribution is 5.68. The first-order chi connectivity index (χ1) is 13.6. The highest BCUT2D eigenvalue weighted by atomic mass is 16.7. The summed E-state index contributed by atoms with van der Waals surface area (Å²) in [4.78, 5) is 46.2. The molecule has 1 heterocycles. The molecule has 5 atom stereocenters. The van der Waals surface area contributed by atoms with Crippen LogP contribution < -0.4 is 0 Å². The topological polar surface area (TPSA) is 124 Å². The lowest BCUT2D eigenvalue weighted by Crippen LogP contribution is -2.63. The molecule has 10 nitrogen and oxygen atoms in total. The number of esters is 4. The zero-order valence-electron chi connectivity index (χ0n) is 17.5. The van der Waals surface area contributed by atoms with Crippen LogP contribution >= 0.6 is 0 Å². The van der Waals surface area contributed by atoms with Crippen LogP contribution in [-0.4, -0.2) is 67.8 Å². The van der Waals surface area contributed by atoms with Gasteiger partial charge >= 0.3 is 23.9 Å². The van der Waals surface area contributed by atoms with Crippen molar-refractivity contribution in [3.8, 4) is 0 Å². The Balaban J connectivity index is 3.17. The first kappa shape index (κ1) is 24.8. The number of ether oxygens (including phenoxy) is 6. The molecule has 166 valence electrons. The molecule has 0 radical (unpaired) electrons. The van der Waals surface area contributed by atoms with Crippen LogP contribution in [0, 0.1) is 0 Å². The van der Waals surface area contributed by atoms with E-state index in [2.05, 4.69) is 0 Å². The highest BCUT2D eigenvalue weighted by Gasteiger charge is 2.52. The predicted octanol–water partition coefficient (Wildman–Crippen LogP) is 1.28. The highest BCUT2D eigenvalue weighted by Crippen LogP contribution is 2.30. The van der Waals surface area contributed by atoms with Crippen LogP contribution in [-0.2, 0) is 47.6 Å². The molecule has 0 aromatic heterocycles.